The van der Waals surface area contributed by atoms with Crippen LogP contribution in [0.4, 0.5) is 0 Å². The molecule has 2 aliphatic heterocycles. The van der Waals surface area contributed by atoms with Crippen LogP contribution in [-0.4, -0.2) is 105 Å². The van der Waals surface area contributed by atoms with Crippen LogP contribution in [0, 0.1) is 46.3 Å². The van der Waals surface area contributed by atoms with Gasteiger partial charge in [-0.15, -0.1) is 0 Å². The molecule has 0 bridgehead atoms. The fraction of sp³-hybridized carbons (Fsp3) is 0.912. The van der Waals surface area contributed by atoms with E-state index >= 15 is 0 Å². The zero-order valence-corrected chi connectivity index (χ0v) is 29.5. The summed E-state index contributed by atoms with van der Waals surface area (Å²) in [4.78, 5) is 11.6. The molecule has 0 aromatic carbocycles. The Balaban J connectivity index is 1.24. The standard InChI is InChI=1S/C34H54O13S/c1-15(2)16(3)27-29(45-27)34(6,40)23-8-7-19-18-14-22(47-48(41,42)43)21-13-17(9-11-32(21,4)20(18)10-12-33(19,23)5)44-31-26(37)24(35)25(36)28(46-31)30(38)39/h10,15-19,21-29,31,35-37,40H,7-9,11-14H2,1-6H3,(H,38,39)(H,41,42,43)/t16-,17+,18+,19+,21?,22?,23+,24+,25+,26-,27?,28+,29?,31-,32-,33+,34-/m1/s1. The third kappa shape index (κ3) is 6.09. The summed E-state index contributed by atoms with van der Waals surface area (Å²) in [6.07, 6.45) is -4.09. The number of epoxide rings is 1. The summed E-state index contributed by atoms with van der Waals surface area (Å²) in [5, 5.41) is 52.4. The molecule has 17 atom stereocenters. The summed E-state index contributed by atoms with van der Waals surface area (Å²) < 4.78 is 57.3. The molecule has 13 nitrogen and oxygen atoms in total. The molecule has 5 fully saturated rings. The minimum Gasteiger partial charge on any atom is -0.479 e. The molecule has 4 unspecified atom stereocenters. The molecule has 3 saturated carbocycles. The Morgan fingerprint density at radius 2 is 1.71 bits per heavy atom. The number of fused-ring (bicyclic) bond motifs is 5. The highest BCUT2D eigenvalue weighted by atomic mass is 32.3. The normalized spacial score (nSPS) is 49.2. The second-order valence-electron chi connectivity index (χ2n) is 16.7. The van der Waals surface area contributed by atoms with Crippen LogP contribution in [0.3, 0.4) is 0 Å². The van der Waals surface area contributed by atoms with Gasteiger partial charge in [-0.05, 0) is 98.2 Å². The molecule has 0 spiro atoms. The molecular weight excluding hydrogens is 648 g/mol. The summed E-state index contributed by atoms with van der Waals surface area (Å²) >= 11 is 0. The van der Waals surface area contributed by atoms with Crippen molar-refractivity contribution in [2.75, 3.05) is 0 Å². The molecule has 2 heterocycles. The zero-order valence-electron chi connectivity index (χ0n) is 28.6. The molecule has 2 saturated heterocycles. The van der Waals surface area contributed by atoms with Crippen molar-refractivity contribution in [3.05, 3.63) is 11.6 Å². The second-order valence-corrected chi connectivity index (χ2v) is 17.7. The fourth-order valence-corrected chi connectivity index (χ4v) is 11.3. The van der Waals surface area contributed by atoms with Crippen molar-refractivity contribution in [3.63, 3.8) is 0 Å². The van der Waals surface area contributed by atoms with Crippen molar-refractivity contribution in [1.29, 1.82) is 0 Å². The number of rotatable bonds is 9. The van der Waals surface area contributed by atoms with E-state index in [0.29, 0.717) is 31.1 Å². The SMILES string of the molecule is CC(C)[C@@H](C)C1OC1[C@](C)(O)[C@H]1CC[C@H]2[C@@H]3CC(OS(=O)(=O)O)C4C[C@@H](O[C@@H]5O[C@H](C(=O)O)[C@@H](O)[C@H](O)[C@H]5O)CC[C@]4(C)C3=CC[C@@]21C. The van der Waals surface area contributed by atoms with Gasteiger partial charge >= 0.3 is 16.4 Å². The number of aliphatic carboxylic acids is 1. The van der Waals surface area contributed by atoms with Gasteiger partial charge in [0.15, 0.2) is 12.4 Å². The number of carbonyl (C=O) groups is 1. The number of carboxylic acid groups (broad SMARTS) is 1. The summed E-state index contributed by atoms with van der Waals surface area (Å²) in [5.41, 5.74) is -0.570. The van der Waals surface area contributed by atoms with Gasteiger partial charge in [0.25, 0.3) is 0 Å². The minimum atomic E-state index is -4.83. The van der Waals surface area contributed by atoms with Crippen LogP contribution in [0.1, 0.15) is 86.5 Å². The Labute approximate surface area is 282 Å². The summed E-state index contributed by atoms with van der Waals surface area (Å²) in [7, 11) is -4.83. The highest BCUT2D eigenvalue weighted by Gasteiger charge is 2.66. The first-order chi connectivity index (χ1) is 22.2. The molecule has 0 aromatic heterocycles. The van der Waals surface area contributed by atoms with E-state index in [9.17, 15) is 43.3 Å². The van der Waals surface area contributed by atoms with Crippen molar-refractivity contribution in [3.8, 4) is 0 Å². The van der Waals surface area contributed by atoms with Gasteiger partial charge in [-0.25, -0.2) is 8.98 Å². The molecule has 0 radical (unpaired) electrons. The van der Waals surface area contributed by atoms with Crippen LogP contribution in [0.25, 0.3) is 0 Å². The Bertz CT molecular complexity index is 1380. The monoisotopic (exact) mass is 702 g/mol. The van der Waals surface area contributed by atoms with E-state index in [1.807, 2.05) is 6.92 Å². The molecular formula is C34H54O13S. The Kier molecular flexibility index (Phi) is 9.52. The predicted molar refractivity (Wildman–Crippen MR) is 169 cm³/mol. The van der Waals surface area contributed by atoms with E-state index in [1.54, 1.807) is 0 Å². The van der Waals surface area contributed by atoms with Crippen molar-refractivity contribution < 1.29 is 61.7 Å². The number of hydrogen-bond acceptors (Lipinski definition) is 11. The third-order valence-electron chi connectivity index (χ3n) is 13.7. The number of aliphatic hydroxyl groups excluding tert-OH is 3. The summed E-state index contributed by atoms with van der Waals surface area (Å²) in [6.45, 7) is 12.7. The van der Waals surface area contributed by atoms with E-state index in [-0.39, 0.29) is 41.8 Å². The highest BCUT2D eigenvalue weighted by Crippen LogP contribution is 2.68. The number of aliphatic hydroxyl groups is 4. The lowest BCUT2D eigenvalue weighted by molar-refractivity contribution is -0.309. The van der Waals surface area contributed by atoms with Gasteiger partial charge in [0, 0.05) is 0 Å². The molecule has 4 aliphatic carbocycles. The lowest BCUT2D eigenvalue weighted by Crippen LogP contribution is -2.61. The molecule has 6 aliphatic rings. The van der Waals surface area contributed by atoms with Crippen LogP contribution in [0.15, 0.2) is 11.6 Å². The first kappa shape index (κ1) is 36.6. The third-order valence-corrected chi connectivity index (χ3v) is 14.2. The van der Waals surface area contributed by atoms with Gasteiger partial charge in [0.2, 0.25) is 0 Å². The van der Waals surface area contributed by atoms with E-state index < -0.39 is 76.2 Å². The number of carboxylic acids is 1. The van der Waals surface area contributed by atoms with Crippen LogP contribution >= 0.6 is 0 Å². The minimum absolute atomic E-state index is 0.0140. The number of allylic oxidation sites excluding steroid dienone is 2. The van der Waals surface area contributed by atoms with Gasteiger partial charge in [-0.1, -0.05) is 46.3 Å². The largest absolute Gasteiger partial charge is 0.479 e. The maximum atomic E-state index is 12.2. The second kappa shape index (κ2) is 12.5. The first-order valence-corrected chi connectivity index (χ1v) is 18.9. The summed E-state index contributed by atoms with van der Waals surface area (Å²) in [5.74, 6) is -1.09. The molecule has 48 heavy (non-hydrogen) atoms. The summed E-state index contributed by atoms with van der Waals surface area (Å²) in [6, 6.07) is 0. The lowest BCUT2D eigenvalue weighted by Gasteiger charge is -2.59. The molecule has 6 rings (SSSR count). The zero-order chi connectivity index (χ0) is 35.3. The van der Waals surface area contributed by atoms with Gasteiger partial charge < -0.3 is 39.7 Å². The molecule has 274 valence electrons. The van der Waals surface area contributed by atoms with Crippen LogP contribution in [-0.2, 0) is 33.6 Å². The maximum absolute atomic E-state index is 12.2. The van der Waals surface area contributed by atoms with Crippen LogP contribution in [0.2, 0.25) is 0 Å². The molecule has 14 heteroatoms. The van der Waals surface area contributed by atoms with E-state index in [1.165, 1.54) is 5.57 Å². The molecule has 6 N–H and O–H groups in total. The molecule has 0 aromatic rings. The van der Waals surface area contributed by atoms with E-state index in [4.69, 9.17) is 18.4 Å². The fourth-order valence-electron chi connectivity index (χ4n) is 10.8. The van der Waals surface area contributed by atoms with Gasteiger partial charge in [-0.2, -0.15) is 8.42 Å². The van der Waals surface area contributed by atoms with Crippen molar-refractivity contribution in [2.24, 2.45) is 46.3 Å². The Hall–Kier alpha value is -1.20. The quantitative estimate of drug-likeness (QED) is 0.0883. The number of ether oxygens (including phenoxy) is 3. The molecule has 0 amide bonds. The lowest BCUT2D eigenvalue weighted by atomic mass is 9.47. The van der Waals surface area contributed by atoms with Crippen molar-refractivity contribution >= 4 is 16.4 Å². The van der Waals surface area contributed by atoms with Crippen molar-refractivity contribution in [2.45, 2.75) is 147 Å². The first-order valence-electron chi connectivity index (χ1n) is 17.5. The van der Waals surface area contributed by atoms with Crippen LogP contribution < -0.4 is 0 Å². The van der Waals surface area contributed by atoms with Crippen LogP contribution in [0.5, 0.6) is 0 Å². The van der Waals surface area contributed by atoms with E-state index in [2.05, 4.69) is 40.7 Å². The maximum Gasteiger partial charge on any atom is 0.397 e. The predicted octanol–water partition coefficient (Wildman–Crippen LogP) is 2.45. The van der Waals surface area contributed by atoms with Gasteiger partial charge in [0.05, 0.1) is 23.9 Å². The van der Waals surface area contributed by atoms with Crippen molar-refractivity contribution in [1.82, 2.24) is 0 Å². The average Bonchev–Trinajstić information content (AvgIpc) is 3.72. The smallest absolute Gasteiger partial charge is 0.397 e. The Morgan fingerprint density at radius 3 is 2.33 bits per heavy atom. The van der Waals surface area contributed by atoms with E-state index in [0.717, 1.165) is 19.3 Å². The van der Waals surface area contributed by atoms with Gasteiger partial charge in [0.1, 0.15) is 24.4 Å². The average molecular weight is 703 g/mol. The highest BCUT2D eigenvalue weighted by molar-refractivity contribution is 7.80. The number of hydrogen-bond donors (Lipinski definition) is 6. The topological polar surface area (TPSA) is 213 Å². The Morgan fingerprint density at radius 1 is 1.02 bits per heavy atom. The van der Waals surface area contributed by atoms with Gasteiger partial charge in [-0.3, -0.25) is 4.55 Å².